The molecule has 0 radical (unpaired) electrons. The molecule has 3 aromatic rings. The summed E-state index contributed by atoms with van der Waals surface area (Å²) in [6.07, 6.45) is 20.9. The summed E-state index contributed by atoms with van der Waals surface area (Å²) in [5.41, 5.74) is 8.48. The second-order valence-corrected chi connectivity index (χ2v) is 14.1. The highest BCUT2D eigenvalue weighted by molar-refractivity contribution is 7.51. The van der Waals surface area contributed by atoms with Gasteiger partial charge in [0, 0.05) is 19.6 Å². The van der Waals surface area contributed by atoms with Gasteiger partial charge < -0.3 is 29.6 Å². The van der Waals surface area contributed by atoms with E-state index in [1.807, 2.05) is 41.8 Å². The van der Waals surface area contributed by atoms with Crippen LogP contribution < -0.4 is 5.73 Å². The third-order valence-corrected chi connectivity index (χ3v) is 8.89. The molecule has 258 valence electrons. The SMILES string of the molecule is CCCCCCCCCCCCCCCCCCOC(C)c1nc(N)c2nc(Cc3ccccc3)n(CCOCP(=O)(O)O)c2n1. The topological polar surface area (TPSA) is 146 Å². The van der Waals surface area contributed by atoms with Crippen LogP contribution >= 0.6 is 7.60 Å². The molecule has 1 unspecified atom stereocenters. The lowest BCUT2D eigenvalue weighted by atomic mass is 10.0. The van der Waals surface area contributed by atoms with E-state index in [4.69, 9.17) is 35.0 Å². The second-order valence-electron chi connectivity index (χ2n) is 12.5. The smallest absolute Gasteiger partial charge is 0.350 e. The number of imidazole rings is 1. The first-order valence-corrected chi connectivity index (χ1v) is 19.4. The zero-order valence-corrected chi connectivity index (χ0v) is 29.1. The monoisotopic (exact) mass is 659 g/mol. The van der Waals surface area contributed by atoms with Crippen molar-refractivity contribution in [1.82, 2.24) is 19.5 Å². The summed E-state index contributed by atoms with van der Waals surface area (Å²) in [5.74, 6) is 1.49. The third kappa shape index (κ3) is 14.6. The number of nitrogens with two attached hydrogens (primary N) is 1. The zero-order chi connectivity index (χ0) is 33.0. The molecule has 10 nitrogen and oxygen atoms in total. The van der Waals surface area contributed by atoms with Gasteiger partial charge in [0.15, 0.2) is 22.8 Å². The molecule has 0 aliphatic rings. The van der Waals surface area contributed by atoms with Gasteiger partial charge in [0.2, 0.25) is 0 Å². The quantitative estimate of drug-likeness (QED) is 0.0570. The predicted molar refractivity (Wildman–Crippen MR) is 186 cm³/mol. The van der Waals surface area contributed by atoms with Gasteiger partial charge in [-0.3, -0.25) is 4.57 Å². The average molecular weight is 660 g/mol. The Hall–Kier alpha value is -2.36. The molecule has 0 spiro atoms. The Morgan fingerprint density at radius 1 is 0.804 bits per heavy atom. The molecule has 46 heavy (non-hydrogen) atoms. The van der Waals surface area contributed by atoms with Crippen molar-refractivity contribution in [3.8, 4) is 0 Å². The van der Waals surface area contributed by atoms with E-state index >= 15 is 0 Å². The number of fused-ring (bicyclic) bond motifs is 1. The minimum Gasteiger partial charge on any atom is -0.382 e. The van der Waals surface area contributed by atoms with Gasteiger partial charge in [-0.25, -0.2) is 15.0 Å². The molecule has 0 saturated carbocycles. The molecule has 0 aliphatic carbocycles. The normalized spacial score (nSPS) is 12.7. The van der Waals surface area contributed by atoms with Crippen LogP contribution in [0, 0.1) is 0 Å². The summed E-state index contributed by atoms with van der Waals surface area (Å²) in [6, 6.07) is 9.93. The highest BCUT2D eigenvalue weighted by Gasteiger charge is 2.20. The van der Waals surface area contributed by atoms with Crippen molar-refractivity contribution in [3.05, 3.63) is 47.5 Å². The molecule has 0 aliphatic heterocycles. The summed E-state index contributed by atoms with van der Waals surface area (Å²) in [6.45, 7) is 5.24. The van der Waals surface area contributed by atoms with Gasteiger partial charge in [-0.1, -0.05) is 134 Å². The van der Waals surface area contributed by atoms with Crippen LogP contribution in [0.3, 0.4) is 0 Å². The van der Waals surface area contributed by atoms with E-state index in [1.165, 1.54) is 89.9 Å². The maximum Gasteiger partial charge on any atom is 0.350 e. The van der Waals surface area contributed by atoms with E-state index in [0.29, 0.717) is 36.6 Å². The van der Waals surface area contributed by atoms with Crippen LogP contribution in [0.1, 0.15) is 140 Å². The molecule has 0 saturated heterocycles. The molecule has 0 bridgehead atoms. The number of anilines is 1. The Labute approximate surface area is 276 Å². The van der Waals surface area contributed by atoms with Crippen LogP contribution in [0.25, 0.3) is 11.2 Å². The standard InChI is InChI=1S/C35H58N5O5P/c1-3-4-5-6-7-8-9-10-11-12-13-14-15-16-17-21-25-45-29(2)34-38-33(36)32-35(39-34)40(24-26-44-28-46(41,42)43)31(37-32)27-30-22-19-18-20-23-30/h18-20,22-23,29H,3-17,21,24-28H2,1-2H3,(H2,36,38,39)(H2,41,42,43). The summed E-state index contributed by atoms with van der Waals surface area (Å²) < 4.78 is 24.5. The molecular weight excluding hydrogens is 601 g/mol. The summed E-state index contributed by atoms with van der Waals surface area (Å²) in [7, 11) is -4.26. The van der Waals surface area contributed by atoms with Gasteiger partial charge in [-0.2, -0.15) is 0 Å². The lowest BCUT2D eigenvalue weighted by Gasteiger charge is -2.14. The van der Waals surface area contributed by atoms with Crippen molar-refractivity contribution in [3.63, 3.8) is 0 Å². The highest BCUT2D eigenvalue weighted by atomic mass is 31.2. The molecule has 0 fully saturated rings. The lowest BCUT2D eigenvalue weighted by molar-refractivity contribution is 0.0571. The van der Waals surface area contributed by atoms with Crippen molar-refractivity contribution in [2.75, 3.05) is 25.3 Å². The second kappa shape index (κ2) is 21.5. The Balaban J connectivity index is 1.41. The fourth-order valence-corrected chi connectivity index (χ4v) is 6.11. The maximum absolute atomic E-state index is 11.2. The number of rotatable bonds is 26. The van der Waals surface area contributed by atoms with Crippen molar-refractivity contribution in [2.45, 2.75) is 136 Å². The number of ether oxygens (including phenoxy) is 2. The van der Waals surface area contributed by atoms with Gasteiger partial charge in [0.25, 0.3) is 0 Å². The minimum atomic E-state index is -4.26. The summed E-state index contributed by atoms with van der Waals surface area (Å²) >= 11 is 0. The number of aromatic nitrogens is 4. The highest BCUT2D eigenvalue weighted by Crippen LogP contribution is 2.34. The number of nitrogen functional groups attached to an aromatic ring is 1. The average Bonchev–Trinajstić information content (AvgIpc) is 3.37. The Bertz CT molecular complexity index is 1300. The number of hydrogen-bond donors (Lipinski definition) is 3. The van der Waals surface area contributed by atoms with E-state index in [0.717, 1.165) is 24.2 Å². The Morgan fingerprint density at radius 2 is 1.37 bits per heavy atom. The largest absolute Gasteiger partial charge is 0.382 e. The molecule has 2 aromatic heterocycles. The van der Waals surface area contributed by atoms with Crippen LogP contribution in [-0.4, -0.2) is 48.9 Å². The van der Waals surface area contributed by atoms with Crippen LogP contribution in [0.2, 0.25) is 0 Å². The molecule has 4 N–H and O–H groups in total. The first-order valence-electron chi connectivity index (χ1n) is 17.6. The van der Waals surface area contributed by atoms with Crippen LogP contribution in [-0.2, 0) is 27.0 Å². The number of nitrogens with zero attached hydrogens (tertiary/aromatic N) is 4. The van der Waals surface area contributed by atoms with Crippen molar-refractivity contribution in [1.29, 1.82) is 0 Å². The van der Waals surface area contributed by atoms with Crippen LogP contribution in [0.5, 0.6) is 0 Å². The number of benzene rings is 1. The van der Waals surface area contributed by atoms with Crippen molar-refractivity contribution in [2.24, 2.45) is 0 Å². The molecule has 11 heteroatoms. The zero-order valence-electron chi connectivity index (χ0n) is 28.2. The Kier molecular flexibility index (Phi) is 17.8. The first-order chi connectivity index (χ1) is 22.3. The summed E-state index contributed by atoms with van der Waals surface area (Å²) in [4.78, 5) is 32.4. The van der Waals surface area contributed by atoms with E-state index in [9.17, 15) is 4.57 Å². The first kappa shape index (κ1) is 38.1. The van der Waals surface area contributed by atoms with Gasteiger partial charge in [-0.05, 0) is 18.9 Å². The van der Waals surface area contributed by atoms with Crippen molar-refractivity contribution >= 4 is 24.6 Å². The van der Waals surface area contributed by atoms with E-state index in [-0.39, 0.29) is 18.5 Å². The predicted octanol–water partition coefficient (Wildman–Crippen LogP) is 8.49. The molecule has 0 amide bonds. The molecule has 2 heterocycles. The van der Waals surface area contributed by atoms with Crippen LogP contribution in [0.4, 0.5) is 5.82 Å². The van der Waals surface area contributed by atoms with E-state index < -0.39 is 13.9 Å². The fourth-order valence-electron chi connectivity index (χ4n) is 5.74. The maximum atomic E-state index is 11.2. The van der Waals surface area contributed by atoms with Gasteiger partial charge >= 0.3 is 7.60 Å². The van der Waals surface area contributed by atoms with E-state index in [2.05, 4.69) is 11.9 Å². The number of unbranched alkanes of at least 4 members (excludes halogenated alkanes) is 15. The van der Waals surface area contributed by atoms with Crippen LogP contribution in [0.15, 0.2) is 30.3 Å². The fraction of sp³-hybridized carbons (Fsp3) is 0.686. The van der Waals surface area contributed by atoms with Gasteiger partial charge in [-0.15, -0.1) is 0 Å². The molecule has 1 aromatic carbocycles. The molecule has 1 atom stereocenters. The van der Waals surface area contributed by atoms with Gasteiger partial charge in [0.05, 0.1) is 6.61 Å². The lowest BCUT2D eigenvalue weighted by Crippen LogP contribution is -2.13. The van der Waals surface area contributed by atoms with Crippen molar-refractivity contribution < 1.29 is 23.8 Å². The minimum absolute atomic E-state index is 0.0862. The summed E-state index contributed by atoms with van der Waals surface area (Å²) in [5, 5.41) is 0. The molecular formula is C35H58N5O5P. The third-order valence-electron chi connectivity index (χ3n) is 8.37. The number of hydrogen-bond acceptors (Lipinski definition) is 7. The Morgan fingerprint density at radius 3 is 1.93 bits per heavy atom. The van der Waals surface area contributed by atoms with Gasteiger partial charge in [0.1, 0.15) is 18.3 Å². The molecule has 3 rings (SSSR count). The van der Waals surface area contributed by atoms with E-state index in [1.54, 1.807) is 0 Å².